The molecule has 2 aromatic heterocycles. The third-order valence-electron chi connectivity index (χ3n) is 6.37. The molecule has 2 heterocycles. The lowest BCUT2D eigenvalue weighted by Gasteiger charge is -2.16. The zero-order valence-corrected chi connectivity index (χ0v) is 21.8. The Morgan fingerprint density at radius 2 is 1.90 bits per heavy atom. The molecule has 0 radical (unpaired) electrons. The zero-order chi connectivity index (χ0) is 28.8. The predicted octanol–water partition coefficient (Wildman–Crippen LogP) is 1.18. The van der Waals surface area contributed by atoms with Crippen LogP contribution in [0.5, 0.6) is 0 Å². The number of nitrogens with two attached hydrogens (primary N) is 1. The average Bonchev–Trinajstić information content (AvgIpc) is 3.31. The van der Waals surface area contributed by atoms with Crippen LogP contribution in [0.1, 0.15) is 29.6 Å². The van der Waals surface area contributed by atoms with Crippen LogP contribution in [0, 0.1) is 5.82 Å². The Morgan fingerprint density at radius 3 is 2.67 bits per heavy atom. The Bertz CT molecular complexity index is 1590. The van der Waals surface area contributed by atoms with E-state index in [1.165, 1.54) is 19.2 Å². The first-order valence-corrected chi connectivity index (χ1v) is 12.7. The number of aromatic nitrogens is 3. The maximum Gasteiger partial charge on any atom is 0.261 e. The summed E-state index contributed by atoms with van der Waals surface area (Å²) in [5.41, 5.74) is 7.06. The molecule has 0 bridgehead atoms. The van der Waals surface area contributed by atoms with E-state index in [0.717, 1.165) is 0 Å². The van der Waals surface area contributed by atoms with Crippen LogP contribution in [0.4, 0.5) is 10.1 Å². The summed E-state index contributed by atoms with van der Waals surface area (Å²) in [5.74, 6) is -1.20. The van der Waals surface area contributed by atoms with E-state index in [1.54, 1.807) is 24.3 Å². The van der Waals surface area contributed by atoms with E-state index in [2.05, 4.69) is 25.6 Å². The summed E-state index contributed by atoms with van der Waals surface area (Å²) in [7, 11) is 1.51. The summed E-state index contributed by atoms with van der Waals surface area (Å²) in [5, 5.41) is 25.6. The lowest BCUT2D eigenvalue weighted by Crippen LogP contribution is -2.32. The molecule has 0 unspecified atom stereocenters. The van der Waals surface area contributed by atoms with Crippen LogP contribution in [-0.4, -0.2) is 76.0 Å². The van der Waals surface area contributed by atoms with Crippen molar-refractivity contribution in [3.8, 4) is 11.4 Å². The summed E-state index contributed by atoms with van der Waals surface area (Å²) in [6, 6.07) is 8.97. The Balaban J connectivity index is 1.37. The lowest BCUT2D eigenvalue weighted by atomic mass is 10.1. The maximum absolute atomic E-state index is 14.4. The number of fused-ring (bicyclic) bond motifs is 2. The van der Waals surface area contributed by atoms with Crippen molar-refractivity contribution in [3.05, 3.63) is 58.1 Å². The predicted molar refractivity (Wildman–Crippen MR) is 147 cm³/mol. The van der Waals surface area contributed by atoms with Crippen molar-refractivity contribution in [2.24, 2.45) is 0 Å². The number of nitrogens with zero attached hydrogens (tertiary/aromatic N) is 1. The minimum Gasteiger partial charge on any atom is -0.397 e. The van der Waals surface area contributed by atoms with Gasteiger partial charge in [0.25, 0.3) is 11.5 Å². The van der Waals surface area contributed by atoms with Crippen LogP contribution in [0.15, 0.2) is 41.2 Å². The molecule has 4 rings (SSSR count). The number of carbonyl (C=O) groups is 2. The molecule has 40 heavy (non-hydrogen) atoms. The molecule has 0 saturated carbocycles. The number of aromatic amines is 2. The van der Waals surface area contributed by atoms with Crippen LogP contribution in [0.2, 0.25) is 0 Å². The fourth-order valence-electron chi connectivity index (χ4n) is 4.39. The fraction of sp³-hybridized carbons (Fsp3) is 0.333. The monoisotopic (exact) mass is 554 g/mol. The molecule has 0 fully saturated rings. The van der Waals surface area contributed by atoms with Crippen molar-refractivity contribution in [1.29, 1.82) is 0 Å². The van der Waals surface area contributed by atoms with Gasteiger partial charge in [-0.1, -0.05) is 6.07 Å². The molecule has 8 N–H and O–H groups in total. The van der Waals surface area contributed by atoms with Crippen molar-refractivity contribution >= 4 is 39.4 Å². The number of nitrogen functional groups attached to an aromatic ring is 1. The minimum atomic E-state index is -1.02. The highest BCUT2D eigenvalue weighted by Gasteiger charge is 2.19. The average molecular weight is 555 g/mol. The molecule has 0 aliphatic rings. The van der Waals surface area contributed by atoms with E-state index in [9.17, 15) is 29.0 Å². The van der Waals surface area contributed by atoms with Gasteiger partial charge in [0.05, 0.1) is 52.9 Å². The largest absolute Gasteiger partial charge is 0.397 e. The number of benzene rings is 2. The SMILES string of the molecule is COCCNC(=O)C[C@@H](O)C[C@@H](O)CCNC(=O)c1ccc2nc(-c3c(N)c4c(F)cccc4[nH]c3=O)[nH]c2c1. The quantitative estimate of drug-likeness (QED) is 0.127. The fourth-order valence-corrected chi connectivity index (χ4v) is 4.39. The molecular weight excluding hydrogens is 523 g/mol. The number of ether oxygens (including phenoxy) is 1. The maximum atomic E-state index is 14.4. The number of nitrogens with one attached hydrogen (secondary N) is 4. The highest BCUT2D eigenvalue weighted by Crippen LogP contribution is 2.30. The number of H-pyrrole nitrogens is 2. The van der Waals surface area contributed by atoms with E-state index in [0.29, 0.717) is 29.7 Å². The first-order chi connectivity index (χ1) is 19.2. The van der Waals surface area contributed by atoms with Crippen molar-refractivity contribution in [1.82, 2.24) is 25.6 Å². The normalized spacial score (nSPS) is 12.9. The van der Waals surface area contributed by atoms with Gasteiger partial charge in [0.15, 0.2) is 0 Å². The van der Waals surface area contributed by atoms with Gasteiger partial charge in [-0.25, -0.2) is 9.37 Å². The van der Waals surface area contributed by atoms with Gasteiger partial charge in [0.2, 0.25) is 5.91 Å². The van der Waals surface area contributed by atoms with E-state index in [-0.39, 0.29) is 59.7 Å². The first-order valence-electron chi connectivity index (χ1n) is 12.7. The molecule has 12 nitrogen and oxygen atoms in total. The van der Waals surface area contributed by atoms with Crippen molar-refractivity contribution < 1.29 is 28.9 Å². The number of pyridine rings is 1. The third-order valence-corrected chi connectivity index (χ3v) is 6.37. The highest BCUT2D eigenvalue weighted by molar-refractivity contribution is 6.00. The highest BCUT2D eigenvalue weighted by atomic mass is 19.1. The number of methoxy groups -OCH3 is 1. The van der Waals surface area contributed by atoms with Crippen LogP contribution in [0.3, 0.4) is 0 Å². The van der Waals surface area contributed by atoms with Gasteiger partial charge in [-0.2, -0.15) is 0 Å². The molecule has 0 saturated heterocycles. The number of hydrogen-bond donors (Lipinski definition) is 7. The Morgan fingerprint density at radius 1 is 1.10 bits per heavy atom. The molecule has 0 aliphatic heterocycles. The number of hydrogen-bond acceptors (Lipinski definition) is 8. The molecular formula is C27H31FN6O6. The summed E-state index contributed by atoms with van der Waals surface area (Å²) in [6.45, 7) is 0.824. The van der Waals surface area contributed by atoms with Gasteiger partial charge in [-0.05, 0) is 43.2 Å². The van der Waals surface area contributed by atoms with E-state index < -0.39 is 29.5 Å². The molecule has 212 valence electrons. The van der Waals surface area contributed by atoms with E-state index >= 15 is 0 Å². The van der Waals surface area contributed by atoms with Gasteiger partial charge in [0, 0.05) is 25.8 Å². The smallest absolute Gasteiger partial charge is 0.261 e. The van der Waals surface area contributed by atoms with Gasteiger partial charge >= 0.3 is 0 Å². The van der Waals surface area contributed by atoms with Gasteiger partial charge in [-0.15, -0.1) is 0 Å². The molecule has 2 atom stereocenters. The van der Waals surface area contributed by atoms with E-state index in [4.69, 9.17) is 10.5 Å². The Hall–Kier alpha value is -4.33. The zero-order valence-electron chi connectivity index (χ0n) is 21.8. The van der Waals surface area contributed by atoms with Crippen molar-refractivity contribution in [2.75, 3.05) is 32.5 Å². The molecule has 13 heteroatoms. The summed E-state index contributed by atoms with van der Waals surface area (Å²) in [4.78, 5) is 47.1. The Kier molecular flexibility index (Phi) is 9.09. The molecule has 2 aromatic carbocycles. The number of carbonyl (C=O) groups excluding carboxylic acids is 2. The second kappa shape index (κ2) is 12.7. The van der Waals surface area contributed by atoms with E-state index in [1.807, 2.05) is 0 Å². The summed E-state index contributed by atoms with van der Waals surface area (Å²) in [6.07, 6.45) is -1.94. The Labute approximate surface area is 227 Å². The van der Waals surface area contributed by atoms with Gasteiger partial charge in [0.1, 0.15) is 17.2 Å². The third kappa shape index (κ3) is 6.62. The second-order valence-electron chi connectivity index (χ2n) is 9.36. The first kappa shape index (κ1) is 28.7. The number of rotatable bonds is 12. The van der Waals surface area contributed by atoms with Gasteiger partial charge < -0.3 is 41.3 Å². The number of imidazole rings is 1. The van der Waals surface area contributed by atoms with Crippen LogP contribution < -0.4 is 21.9 Å². The van der Waals surface area contributed by atoms with Crippen LogP contribution in [0.25, 0.3) is 33.3 Å². The number of amides is 2. The lowest BCUT2D eigenvalue weighted by molar-refractivity contribution is -0.123. The standard InChI is InChI=1S/C27H31FN6O6/c1-40-10-9-30-21(37)13-16(36)12-15(35)7-8-31-26(38)14-5-6-18-20(11-14)33-25(32-18)23-24(29)22-17(28)3-2-4-19(22)34-27(23)39/h2-6,11,15-16,35-36H,7-10,12-13H2,1H3,(H,30,37)(H,31,38)(H,32,33)(H3,29,34,39)/t15-,16-/m0/s1. The summed E-state index contributed by atoms with van der Waals surface area (Å²) < 4.78 is 19.2. The number of halogens is 1. The molecule has 2 amide bonds. The second-order valence-corrected chi connectivity index (χ2v) is 9.36. The number of aliphatic hydroxyl groups is 2. The molecule has 0 spiro atoms. The number of aliphatic hydroxyl groups excluding tert-OH is 2. The minimum absolute atomic E-state index is 0.0107. The van der Waals surface area contributed by atoms with Crippen molar-refractivity contribution in [2.45, 2.75) is 31.5 Å². The summed E-state index contributed by atoms with van der Waals surface area (Å²) >= 11 is 0. The topological polar surface area (TPSA) is 195 Å². The van der Waals surface area contributed by atoms with Crippen LogP contribution >= 0.6 is 0 Å². The molecule has 4 aromatic rings. The number of anilines is 1. The van der Waals surface area contributed by atoms with Gasteiger partial charge in [-0.3, -0.25) is 14.4 Å². The molecule has 0 aliphatic carbocycles. The van der Waals surface area contributed by atoms with Crippen molar-refractivity contribution in [3.63, 3.8) is 0 Å². The van der Waals surface area contributed by atoms with Crippen LogP contribution in [-0.2, 0) is 9.53 Å².